The largest absolute Gasteiger partial charge is 0.395 e. The van der Waals surface area contributed by atoms with Gasteiger partial charge in [0.05, 0.1) is 16.7 Å². The second-order valence-corrected chi connectivity index (χ2v) is 3.78. The van der Waals surface area contributed by atoms with Gasteiger partial charge in [-0.3, -0.25) is 4.79 Å². The van der Waals surface area contributed by atoms with E-state index in [1.54, 1.807) is 24.3 Å². The molecule has 0 fully saturated rings. The third-order valence-corrected chi connectivity index (χ3v) is 2.64. The smallest absolute Gasteiger partial charge is 0.244 e. The van der Waals surface area contributed by atoms with E-state index in [0.29, 0.717) is 15.6 Å². The van der Waals surface area contributed by atoms with Crippen LogP contribution in [0, 0.1) is 0 Å². The summed E-state index contributed by atoms with van der Waals surface area (Å²) in [6.07, 6.45) is 2.91. The fourth-order valence-electron chi connectivity index (χ4n) is 1.05. The molecule has 0 unspecified atom stereocenters. The molecule has 1 aromatic carbocycles. The average molecular weight is 260 g/mol. The van der Waals surface area contributed by atoms with E-state index in [0.717, 1.165) is 0 Å². The monoisotopic (exact) mass is 259 g/mol. The number of hydrogen-bond donors (Lipinski definition) is 2. The molecule has 1 amide bonds. The molecule has 0 aliphatic rings. The van der Waals surface area contributed by atoms with Gasteiger partial charge in [0.2, 0.25) is 5.91 Å². The Balaban J connectivity index is 2.69. The maximum absolute atomic E-state index is 11.2. The van der Waals surface area contributed by atoms with Gasteiger partial charge >= 0.3 is 0 Å². The second kappa shape index (κ2) is 6.53. The van der Waals surface area contributed by atoms with E-state index in [9.17, 15) is 4.79 Å². The van der Waals surface area contributed by atoms with Crippen LogP contribution in [0.4, 0.5) is 0 Å². The molecule has 2 N–H and O–H groups in total. The van der Waals surface area contributed by atoms with Gasteiger partial charge in [-0.05, 0) is 17.7 Å². The van der Waals surface area contributed by atoms with Gasteiger partial charge in [-0.2, -0.15) is 0 Å². The molecule has 0 heterocycles. The molecule has 5 heteroatoms. The Morgan fingerprint density at radius 3 is 2.88 bits per heavy atom. The first-order valence-electron chi connectivity index (χ1n) is 4.66. The minimum absolute atomic E-state index is 0.0858. The molecule has 0 atom stereocenters. The molecule has 0 aliphatic carbocycles. The van der Waals surface area contributed by atoms with E-state index in [4.69, 9.17) is 28.3 Å². The van der Waals surface area contributed by atoms with E-state index in [1.807, 2.05) is 0 Å². The van der Waals surface area contributed by atoms with Gasteiger partial charge < -0.3 is 10.4 Å². The predicted molar refractivity (Wildman–Crippen MR) is 65.6 cm³/mol. The summed E-state index contributed by atoms with van der Waals surface area (Å²) in [6, 6.07) is 5.18. The first kappa shape index (κ1) is 13.0. The normalized spacial score (nSPS) is 10.7. The van der Waals surface area contributed by atoms with E-state index in [2.05, 4.69) is 5.32 Å². The highest BCUT2D eigenvalue weighted by Gasteiger charge is 2.01. The van der Waals surface area contributed by atoms with Crippen LogP contribution in [0.25, 0.3) is 6.08 Å². The number of carbonyl (C=O) groups excluding carboxylic acids is 1. The number of halogens is 2. The molecule has 0 saturated carbocycles. The van der Waals surface area contributed by atoms with Crippen molar-refractivity contribution in [1.82, 2.24) is 5.32 Å². The Morgan fingerprint density at radius 2 is 2.19 bits per heavy atom. The number of nitrogens with one attached hydrogen (secondary N) is 1. The number of amides is 1. The molecule has 0 saturated heterocycles. The number of aliphatic hydroxyl groups excluding tert-OH is 1. The third kappa shape index (κ3) is 3.85. The van der Waals surface area contributed by atoms with Crippen LogP contribution < -0.4 is 5.32 Å². The topological polar surface area (TPSA) is 49.3 Å². The van der Waals surface area contributed by atoms with Gasteiger partial charge in [-0.25, -0.2) is 0 Å². The summed E-state index contributed by atoms with van der Waals surface area (Å²) in [5, 5.41) is 11.8. The summed E-state index contributed by atoms with van der Waals surface area (Å²) in [6.45, 7) is 0.143. The van der Waals surface area contributed by atoms with Crippen molar-refractivity contribution in [3.63, 3.8) is 0 Å². The van der Waals surface area contributed by atoms with E-state index in [-0.39, 0.29) is 19.1 Å². The predicted octanol–water partition coefficient (Wildman–Crippen LogP) is 2.12. The number of benzene rings is 1. The van der Waals surface area contributed by atoms with E-state index >= 15 is 0 Å². The fourth-order valence-corrected chi connectivity index (χ4v) is 1.42. The van der Waals surface area contributed by atoms with Crippen molar-refractivity contribution in [2.45, 2.75) is 0 Å². The van der Waals surface area contributed by atoms with E-state index < -0.39 is 0 Å². The molecule has 1 aromatic rings. The first-order valence-corrected chi connectivity index (χ1v) is 5.41. The molecule has 0 spiro atoms. The number of rotatable bonds is 4. The van der Waals surface area contributed by atoms with Crippen molar-refractivity contribution >= 4 is 35.2 Å². The highest BCUT2D eigenvalue weighted by atomic mass is 35.5. The summed E-state index contributed by atoms with van der Waals surface area (Å²) in [5.74, 6) is -0.287. The van der Waals surface area contributed by atoms with Crippen molar-refractivity contribution < 1.29 is 9.90 Å². The molecule has 16 heavy (non-hydrogen) atoms. The zero-order chi connectivity index (χ0) is 12.0. The lowest BCUT2D eigenvalue weighted by atomic mass is 10.2. The van der Waals surface area contributed by atoms with Crippen LogP contribution in [0.3, 0.4) is 0 Å². The van der Waals surface area contributed by atoms with Crippen LogP contribution in [0.1, 0.15) is 5.56 Å². The second-order valence-electron chi connectivity index (χ2n) is 2.99. The molecule has 0 radical (unpaired) electrons. The lowest BCUT2D eigenvalue weighted by molar-refractivity contribution is -0.116. The van der Waals surface area contributed by atoms with Crippen molar-refractivity contribution in [3.8, 4) is 0 Å². The Bertz CT molecular complexity index is 405. The van der Waals surface area contributed by atoms with Crippen molar-refractivity contribution in [1.29, 1.82) is 0 Å². The van der Waals surface area contributed by atoms with Gasteiger partial charge in [-0.15, -0.1) is 0 Å². The van der Waals surface area contributed by atoms with Crippen LogP contribution in [-0.4, -0.2) is 24.2 Å². The zero-order valence-electron chi connectivity index (χ0n) is 8.41. The maximum atomic E-state index is 11.2. The lowest BCUT2D eigenvalue weighted by Crippen LogP contribution is -2.24. The van der Waals surface area contributed by atoms with Gasteiger partial charge in [0, 0.05) is 12.6 Å². The number of carbonyl (C=O) groups is 1. The fraction of sp³-hybridized carbons (Fsp3) is 0.182. The quantitative estimate of drug-likeness (QED) is 0.814. The Morgan fingerprint density at radius 1 is 1.44 bits per heavy atom. The highest BCUT2D eigenvalue weighted by molar-refractivity contribution is 6.42. The molecule has 86 valence electrons. The van der Waals surface area contributed by atoms with Gasteiger partial charge in [0.1, 0.15) is 0 Å². The van der Waals surface area contributed by atoms with Crippen molar-refractivity contribution in [3.05, 3.63) is 39.9 Å². The summed E-state index contributed by atoms with van der Waals surface area (Å²) in [4.78, 5) is 11.2. The Kier molecular flexibility index (Phi) is 5.32. The van der Waals surface area contributed by atoms with Crippen LogP contribution in [0.2, 0.25) is 10.0 Å². The molecule has 0 aromatic heterocycles. The standard InChI is InChI=1S/C11H11Cl2NO2/c12-9-3-1-2-8(11(9)13)4-5-10(16)14-6-7-15/h1-5,15H,6-7H2,(H,14,16)/b5-4+. The Hall–Kier alpha value is -1.03. The highest BCUT2D eigenvalue weighted by Crippen LogP contribution is 2.26. The summed E-state index contributed by atoms with van der Waals surface area (Å²) >= 11 is 11.7. The van der Waals surface area contributed by atoms with Crippen molar-refractivity contribution in [2.75, 3.05) is 13.2 Å². The third-order valence-electron chi connectivity index (χ3n) is 1.81. The number of aliphatic hydroxyl groups is 1. The Labute approximate surface area is 104 Å². The SMILES string of the molecule is O=C(/C=C/c1cccc(Cl)c1Cl)NCCO. The molecule has 0 bridgehead atoms. The summed E-state index contributed by atoms with van der Waals surface area (Å²) in [5.41, 5.74) is 0.674. The number of hydrogen-bond acceptors (Lipinski definition) is 2. The minimum Gasteiger partial charge on any atom is -0.395 e. The molecule has 0 aliphatic heterocycles. The molecule has 1 rings (SSSR count). The average Bonchev–Trinajstić information content (AvgIpc) is 2.28. The van der Waals surface area contributed by atoms with Gasteiger partial charge in [0.15, 0.2) is 0 Å². The van der Waals surface area contributed by atoms with Crippen LogP contribution >= 0.6 is 23.2 Å². The van der Waals surface area contributed by atoms with Gasteiger partial charge in [-0.1, -0.05) is 35.3 Å². The van der Waals surface area contributed by atoms with Crippen LogP contribution in [0.15, 0.2) is 24.3 Å². The summed E-state index contributed by atoms with van der Waals surface area (Å²) in [7, 11) is 0. The first-order chi connectivity index (χ1) is 7.65. The van der Waals surface area contributed by atoms with Crippen LogP contribution in [-0.2, 0) is 4.79 Å². The lowest BCUT2D eigenvalue weighted by Gasteiger charge is -2.00. The van der Waals surface area contributed by atoms with Crippen LogP contribution in [0.5, 0.6) is 0 Å². The summed E-state index contributed by atoms with van der Waals surface area (Å²) < 4.78 is 0. The van der Waals surface area contributed by atoms with Gasteiger partial charge in [0.25, 0.3) is 0 Å². The molecule has 3 nitrogen and oxygen atoms in total. The van der Waals surface area contributed by atoms with E-state index in [1.165, 1.54) is 6.08 Å². The minimum atomic E-state index is -0.287. The van der Waals surface area contributed by atoms with Crippen molar-refractivity contribution in [2.24, 2.45) is 0 Å². The molecular formula is C11H11Cl2NO2. The maximum Gasteiger partial charge on any atom is 0.244 e. The molecular weight excluding hydrogens is 249 g/mol. The zero-order valence-corrected chi connectivity index (χ0v) is 9.92.